The number of ether oxygens (including phenoxy) is 1. The first-order valence-electron chi connectivity index (χ1n) is 8.86. The molecule has 0 aliphatic heterocycles. The molecule has 4 N–H and O–H groups in total. The zero-order valence-corrected chi connectivity index (χ0v) is 16.5. The van der Waals surface area contributed by atoms with Gasteiger partial charge in [-0.1, -0.05) is 19.9 Å². The number of fused-ring (bicyclic) bond motifs is 3. The number of benzene rings is 1. The van der Waals surface area contributed by atoms with Crippen molar-refractivity contribution in [3.63, 3.8) is 0 Å². The third-order valence-corrected chi connectivity index (χ3v) is 4.65. The van der Waals surface area contributed by atoms with Gasteiger partial charge in [0.05, 0.1) is 12.8 Å². The van der Waals surface area contributed by atoms with Crippen LogP contribution in [0.3, 0.4) is 0 Å². The number of carbonyl (C=O) groups is 2. The zero-order valence-electron chi connectivity index (χ0n) is 16.5. The summed E-state index contributed by atoms with van der Waals surface area (Å²) in [7, 11) is 1.71. The van der Waals surface area contributed by atoms with Crippen LogP contribution in [0.5, 0.6) is 5.75 Å². The molecule has 150 valence electrons. The van der Waals surface area contributed by atoms with Crippen molar-refractivity contribution in [2.24, 2.45) is 5.73 Å². The number of nitrogens with two attached hydrogens (primary N) is 1. The van der Waals surface area contributed by atoms with Crippen LogP contribution in [0.2, 0.25) is 0 Å². The molecule has 28 heavy (non-hydrogen) atoms. The molecule has 3 rings (SSSR count). The molecule has 0 saturated heterocycles. The van der Waals surface area contributed by atoms with E-state index in [0.717, 1.165) is 12.3 Å². The Balaban J connectivity index is 0.000000300. The van der Waals surface area contributed by atoms with Crippen molar-refractivity contribution in [2.45, 2.75) is 38.8 Å². The van der Waals surface area contributed by atoms with Crippen LogP contribution < -0.4 is 10.5 Å². The van der Waals surface area contributed by atoms with Crippen LogP contribution in [0, 0.1) is 0 Å². The van der Waals surface area contributed by atoms with Crippen molar-refractivity contribution in [3.05, 3.63) is 53.7 Å². The second-order valence-electron chi connectivity index (χ2n) is 7.25. The molecular weight excluding hydrogens is 360 g/mol. The summed E-state index contributed by atoms with van der Waals surface area (Å²) in [6.45, 7) is 7.43. The van der Waals surface area contributed by atoms with Gasteiger partial charge in [-0.3, -0.25) is 0 Å². The molecule has 1 aromatic carbocycles. The molecule has 0 fully saturated rings. The first-order chi connectivity index (χ1) is 13.1. The highest BCUT2D eigenvalue weighted by Gasteiger charge is 2.37. The number of hydrogen-bond acceptors (Lipinski definition) is 4. The van der Waals surface area contributed by atoms with Gasteiger partial charge in [-0.15, -0.1) is 0 Å². The Kier molecular flexibility index (Phi) is 6.30. The number of carboxylic acids is 2. The van der Waals surface area contributed by atoms with Gasteiger partial charge in [-0.05, 0) is 36.2 Å². The Hall–Kier alpha value is -3.06. The summed E-state index contributed by atoms with van der Waals surface area (Å²) in [5.41, 5.74) is 11.3. The van der Waals surface area contributed by atoms with Crippen LogP contribution >= 0.6 is 0 Å². The van der Waals surface area contributed by atoms with Crippen LogP contribution in [0.4, 0.5) is 0 Å². The van der Waals surface area contributed by atoms with Crippen LogP contribution in [-0.4, -0.2) is 39.9 Å². The molecule has 1 aromatic heterocycles. The molecule has 1 aliphatic carbocycles. The van der Waals surface area contributed by atoms with Gasteiger partial charge >= 0.3 is 11.9 Å². The fourth-order valence-corrected chi connectivity index (χ4v) is 3.42. The van der Waals surface area contributed by atoms with Crippen LogP contribution in [0.15, 0.2) is 42.6 Å². The Bertz CT molecular complexity index is 894. The maximum absolute atomic E-state index is 9.55. The minimum absolute atomic E-state index is 0.0417. The molecule has 0 unspecified atom stereocenters. The van der Waals surface area contributed by atoms with E-state index in [1.807, 2.05) is 13.0 Å². The first kappa shape index (κ1) is 21.2. The number of rotatable bonds is 5. The summed E-state index contributed by atoms with van der Waals surface area (Å²) in [5, 5.41) is 15.6. The molecule has 1 atom stereocenters. The van der Waals surface area contributed by atoms with Crippen molar-refractivity contribution in [3.8, 4) is 17.0 Å². The summed E-state index contributed by atoms with van der Waals surface area (Å²) in [5.74, 6) is -1.61. The van der Waals surface area contributed by atoms with Gasteiger partial charge in [0.25, 0.3) is 0 Å². The summed E-state index contributed by atoms with van der Waals surface area (Å²) in [4.78, 5) is 19.1. The first-order valence-corrected chi connectivity index (χ1v) is 8.86. The van der Waals surface area contributed by atoms with Crippen molar-refractivity contribution in [1.29, 1.82) is 0 Å². The second kappa shape index (κ2) is 8.31. The second-order valence-corrected chi connectivity index (χ2v) is 7.25. The SMILES string of the molecule is COc1ccc2c(c1)-c1c(ccn1C[C@H](C)N)C2(C)C.O=C(O)C=CC(=O)O. The summed E-state index contributed by atoms with van der Waals surface area (Å²) in [6, 6.07) is 8.74. The summed E-state index contributed by atoms with van der Waals surface area (Å²) < 4.78 is 7.66. The van der Waals surface area contributed by atoms with Gasteiger partial charge < -0.3 is 25.3 Å². The van der Waals surface area contributed by atoms with E-state index >= 15 is 0 Å². The minimum atomic E-state index is -1.26. The fraction of sp³-hybridized carbons (Fsp3) is 0.333. The molecule has 0 saturated carbocycles. The largest absolute Gasteiger partial charge is 0.497 e. The standard InChI is InChI=1S/C17H22N2O.C4H4O4/c1-11(18)10-19-8-7-15-16(19)13-9-12(20-4)5-6-14(13)17(15,2)3;5-3(6)1-2-4(7)8/h5-9,11H,10,18H2,1-4H3;1-2H,(H,5,6)(H,7,8)/t11-;/m0./s1. The molecule has 1 aliphatic rings. The predicted molar refractivity (Wildman–Crippen MR) is 107 cm³/mol. The van der Waals surface area contributed by atoms with Gasteiger partial charge in [-0.2, -0.15) is 0 Å². The van der Waals surface area contributed by atoms with Gasteiger partial charge in [-0.25, -0.2) is 9.59 Å². The van der Waals surface area contributed by atoms with Crippen LogP contribution in [0.1, 0.15) is 31.9 Å². The Morgan fingerprint density at radius 1 is 1.18 bits per heavy atom. The van der Waals surface area contributed by atoms with E-state index in [-0.39, 0.29) is 11.5 Å². The van der Waals surface area contributed by atoms with E-state index < -0.39 is 11.9 Å². The average Bonchev–Trinajstić information content (AvgIpc) is 3.12. The van der Waals surface area contributed by atoms with Crippen molar-refractivity contribution >= 4 is 11.9 Å². The van der Waals surface area contributed by atoms with E-state index in [1.54, 1.807) is 7.11 Å². The zero-order chi connectivity index (χ0) is 21.1. The number of carboxylic acid groups (broad SMARTS) is 2. The van der Waals surface area contributed by atoms with E-state index in [0.29, 0.717) is 12.2 Å². The van der Waals surface area contributed by atoms with E-state index in [4.69, 9.17) is 20.7 Å². The maximum atomic E-state index is 9.55. The highest BCUT2D eigenvalue weighted by molar-refractivity contribution is 5.89. The molecule has 0 bridgehead atoms. The molecule has 7 heteroatoms. The highest BCUT2D eigenvalue weighted by Crippen LogP contribution is 2.50. The van der Waals surface area contributed by atoms with E-state index in [2.05, 4.69) is 42.8 Å². The Morgan fingerprint density at radius 3 is 2.29 bits per heavy atom. The number of nitrogens with zero attached hydrogens (tertiary/aromatic N) is 1. The predicted octanol–water partition coefficient (Wildman–Crippen LogP) is 2.86. The van der Waals surface area contributed by atoms with Gasteiger partial charge in [0.2, 0.25) is 0 Å². The number of hydrogen-bond donors (Lipinski definition) is 3. The van der Waals surface area contributed by atoms with Crippen LogP contribution in [0.25, 0.3) is 11.3 Å². The smallest absolute Gasteiger partial charge is 0.328 e. The number of methoxy groups -OCH3 is 1. The van der Waals surface area contributed by atoms with E-state index in [1.165, 1.54) is 22.4 Å². The molecular formula is C21H26N2O5. The molecule has 0 radical (unpaired) electrons. The normalized spacial score (nSPS) is 14.6. The molecule has 0 amide bonds. The molecule has 0 spiro atoms. The summed E-state index contributed by atoms with van der Waals surface area (Å²) >= 11 is 0. The lowest BCUT2D eigenvalue weighted by molar-refractivity contribution is -0.134. The molecule has 2 aromatic rings. The lowest BCUT2D eigenvalue weighted by Crippen LogP contribution is -2.22. The number of aromatic nitrogens is 1. The molecule has 7 nitrogen and oxygen atoms in total. The van der Waals surface area contributed by atoms with Crippen molar-refractivity contribution in [1.82, 2.24) is 4.57 Å². The average molecular weight is 386 g/mol. The monoisotopic (exact) mass is 386 g/mol. The Labute approximate surface area is 164 Å². The van der Waals surface area contributed by atoms with Gasteiger partial charge in [0.1, 0.15) is 5.75 Å². The van der Waals surface area contributed by atoms with Crippen LogP contribution in [-0.2, 0) is 21.5 Å². The lowest BCUT2D eigenvalue weighted by Gasteiger charge is -2.20. The van der Waals surface area contributed by atoms with Gasteiger partial charge in [0.15, 0.2) is 0 Å². The molecule has 1 heterocycles. The van der Waals surface area contributed by atoms with Crippen molar-refractivity contribution < 1.29 is 24.5 Å². The highest BCUT2D eigenvalue weighted by atomic mass is 16.5. The topological polar surface area (TPSA) is 115 Å². The van der Waals surface area contributed by atoms with Crippen molar-refractivity contribution in [2.75, 3.05) is 7.11 Å². The maximum Gasteiger partial charge on any atom is 0.328 e. The minimum Gasteiger partial charge on any atom is -0.497 e. The van der Waals surface area contributed by atoms with E-state index in [9.17, 15) is 9.59 Å². The third kappa shape index (κ3) is 4.43. The third-order valence-electron chi connectivity index (χ3n) is 4.65. The Morgan fingerprint density at radius 2 is 1.79 bits per heavy atom. The summed E-state index contributed by atoms with van der Waals surface area (Å²) in [6.07, 6.45) is 3.27. The quantitative estimate of drug-likeness (QED) is 0.681. The number of aliphatic carboxylic acids is 2. The van der Waals surface area contributed by atoms with Gasteiger partial charge in [0, 0.05) is 41.9 Å². The lowest BCUT2D eigenvalue weighted by atomic mass is 9.83. The fourth-order valence-electron chi connectivity index (χ4n) is 3.42.